The van der Waals surface area contributed by atoms with Gasteiger partial charge < -0.3 is 19.7 Å². The third-order valence-electron chi connectivity index (χ3n) is 6.51. The van der Waals surface area contributed by atoms with Crippen molar-refractivity contribution in [2.24, 2.45) is 5.92 Å². The number of amides is 2. The second-order valence-electron chi connectivity index (χ2n) is 9.23. The molecule has 3 atom stereocenters. The predicted octanol–water partition coefficient (Wildman–Crippen LogP) is 4.18. The highest BCUT2D eigenvalue weighted by Crippen LogP contribution is 2.27. The molecule has 2 aromatic carbocycles. The second kappa shape index (κ2) is 12.1. The normalized spacial score (nSPS) is 21.9. The molecule has 3 rings (SSSR count). The van der Waals surface area contributed by atoms with Crippen molar-refractivity contribution in [1.82, 2.24) is 9.80 Å². The Balaban J connectivity index is 1.95. The van der Waals surface area contributed by atoms with Crippen LogP contribution in [0.4, 0.5) is 10.1 Å². The number of halogens is 1. The van der Waals surface area contributed by atoms with Gasteiger partial charge in [-0.05, 0) is 37.1 Å². The summed E-state index contributed by atoms with van der Waals surface area (Å²) in [4.78, 5) is 29.1. The van der Waals surface area contributed by atoms with E-state index in [-0.39, 0.29) is 35.7 Å². The van der Waals surface area contributed by atoms with E-state index in [1.54, 1.807) is 56.3 Å². The molecule has 1 heterocycles. The van der Waals surface area contributed by atoms with Gasteiger partial charge in [0.1, 0.15) is 18.2 Å². The van der Waals surface area contributed by atoms with E-state index in [9.17, 15) is 14.0 Å². The van der Waals surface area contributed by atoms with Gasteiger partial charge in [0.05, 0.1) is 11.7 Å². The number of ether oxygens (including phenoxy) is 2. The summed E-state index contributed by atoms with van der Waals surface area (Å²) < 4.78 is 26.4. The Hall–Kier alpha value is -2.97. The van der Waals surface area contributed by atoms with E-state index in [2.05, 4.69) is 17.1 Å². The van der Waals surface area contributed by atoms with Gasteiger partial charge in [0.25, 0.3) is 5.91 Å². The Morgan fingerprint density at radius 2 is 1.94 bits per heavy atom. The smallest absolute Gasteiger partial charge is 0.257 e. The number of methoxy groups -OCH3 is 1. The van der Waals surface area contributed by atoms with Gasteiger partial charge in [0, 0.05) is 57.5 Å². The Bertz CT molecular complexity index is 1030. The lowest BCUT2D eigenvalue weighted by atomic mass is 10.0. The summed E-state index contributed by atoms with van der Waals surface area (Å²) in [5.74, 6) is -0.0704. The number of likely N-dealkylation sites (N-methyl/N-ethyl adjacent to an activating group) is 1. The van der Waals surface area contributed by atoms with Crippen molar-refractivity contribution in [1.29, 1.82) is 0 Å². The molecule has 0 bridgehead atoms. The summed E-state index contributed by atoms with van der Waals surface area (Å²) in [6, 6.07) is 11.8. The molecule has 0 spiro atoms. The minimum atomic E-state index is -0.236. The fourth-order valence-corrected chi connectivity index (χ4v) is 4.24. The van der Waals surface area contributed by atoms with E-state index in [4.69, 9.17) is 9.47 Å². The van der Waals surface area contributed by atoms with Crippen molar-refractivity contribution in [3.63, 3.8) is 0 Å². The molecule has 2 aromatic rings. The van der Waals surface area contributed by atoms with Crippen LogP contribution in [0.2, 0.25) is 0 Å². The lowest BCUT2D eigenvalue weighted by molar-refractivity contribution is -0.115. The van der Waals surface area contributed by atoms with Crippen LogP contribution in [0.15, 0.2) is 42.5 Å². The molecular formula is C27H36FN3O4. The number of carbonyl (C=O) groups excluding carboxylic acids is 2. The first-order valence-electron chi connectivity index (χ1n) is 12.1. The minimum Gasteiger partial charge on any atom is -0.491 e. The summed E-state index contributed by atoms with van der Waals surface area (Å²) in [6.45, 7) is 7.64. The monoisotopic (exact) mass is 485 g/mol. The van der Waals surface area contributed by atoms with Gasteiger partial charge in [-0.15, -0.1) is 0 Å². The van der Waals surface area contributed by atoms with E-state index in [1.807, 2.05) is 13.0 Å². The third-order valence-corrected chi connectivity index (χ3v) is 6.51. The lowest BCUT2D eigenvalue weighted by Crippen LogP contribution is -2.46. The van der Waals surface area contributed by atoms with E-state index in [0.717, 1.165) is 0 Å². The maximum atomic E-state index is 14.4. The molecule has 0 unspecified atom stereocenters. The Kier molecular flexibility index (Phi) is 9.23. The summed E-state index contributed by atoms with van der Waals surface area (Å²) in [7, 11) is 3.37. The number of fused-ring (bicyclic) bond motifs is 1. The number of hydrogen-bond donors (Lipinski definition) is 1. The maximum Gasteiger partial charge on any atom is 0.257 e. The molecule has 0 aliphatic carbocycles. The van der Waals surface area contributed by atoms with Crippen LogP contribution in [-0.4, -0.2) is 67.6 Å². The van der Waals surface area contributed by atoms with E-state index in [1.165, 1.54) is 6.07 Å². The fourth-order valence-electron chi connectivity index (χ4n) is 4.24. The zero-order valence-corrected chi connectivity index (χ0v) is 21.2. The Morgan fingerprint density at radius 1 is 1.20 bits per heavy atom. The zero-order chi connectivity index (χ0) is 25.5. The molecule has 7 nitrogen and oxygen atoms in total. The molecule has 190 valence electrons. The van der Waals surface area contributed by atoms with Crippen LogP contribution in [0, 0.1) is 11.7 Å². The van der Waals surface area contributed by atoms with Gasteiger partial charge in [-0.25, -0.2) is 4.39 Å². The predicted molar refractivity (Wildman–Crippen MR) is 134 cm³/mol. The van der Waals surface area contributed by atoms with Crippen LogP contribution in [0.1, 0.15) is 43.1 Å². The van der Waals surface area contributed by atoms with Crippen LogP contribution < -0.4 is 10.1 Å². The van der Waals surface area contributed by atoms with Crippen molar-refractivity contribution in [3.8, 4) is 5.75 Å². The highest BCUT2D eigenvalue weighted by molar-refractivity contribution is 5.99. The van der Waals surface area contributed by atoms with Crippen molar-refractivity contribution < 1.29 is 23.5 Å². The molecule has 1 N–H and O–H groups in total. The molecule has 0 aromatic heterocycles. The van der Waals surface area contributed by atoms with Crippen LogP contribution in [-0.2, 0) is 16.1 Å². The van der Waals surface area contributed by atoms with Crippen LogP contribution in [0.25, 0.3) is 0 Å². The van der Waals surface area contributed by atoms with E-state index in [0.29, 0.717) is 55.2 Å². The van der Waals surface area contributed by atoms with Crippen LogP contribution in [0.5, 0.6) is 5.75 Å². The molecular weight excluding hydrogens is 449 g/mol. The Labute approximate surface area is 207 Å². The molecule has 0 fully saturated rings. The Morgan fingerprint density at radius 3 is 2.63 bits per heavy atom. The molecule has 8 heteroatoms. The highest BCUT2D eigenvalue weighted by atomic mass is 19.1. The number of anilines is 1. The average Bonchev–Trinajstić information content (AvgIpc) is 2.85. The maximum absolute atomic E-state index is 14.4. The number of nitrogens with one attached hydrogen (secondary N) is 1. The van der Waals surface area contributed by atoms with Crippen molar-refractivity contribution in [2.45, 2.75) is 45.9 Å². The first-order chi connectivity index (χ1) is 16.7. The highest BCUT2D eigenvalue weighted by Gasteiger charge is 2.29. The molecule has 1 aliphatic heterocycles. The second-order valence-corrected chi connectivity index (χ2v) is 9.23. The molecule has 2 amide bonds. The van der Waals surface area contributed by atoms with E-state index < -0.39 is 0 Å². The number of rotatable bonds is 5. The number of nitrogens with zero attached hydrogens (tertiary/aromatic N) is 2. The number of hydrogen-bond acceptors (Lipinski definition) is 5. The van der Waals surface area contributed by atoms with Crippen molar-refractivity contribution >= 4 is 17.5 Å². The summed E-state index contributed by atoms with van der Waals surface area (Å²) in [6.07, 6.45) is 0.121. The number of benzene rings is 2. The largest absolute Gasteiger partial charge is 0.491 e. The van der Waals surface area contributed by atoms with Gasteiger partial charge >= 0.3 is 0 Å². The van der Waals surface area contributed by atoms with Crippen molar-refractivity contribution in [2.75, 3.05) is 39.2 Å². The van der Waals surface area contributed by atoms with Crippen LogP contribution >= 0.6 is 0 Å². The third kappa shape index (κ3) is 6.80. The summed E-state index contributed by atoms with van der Waals surface area (Å²) >= 11 is 0. The molecule has 0 radical (unpaired) electrons. The zero-order valence-electron chi connectivity index (χ0n) is 21.2. The van der Waals surface area contributed by atoms with Crippen LogP contribution in [0.3, 0.4) is 0 Å². The van der Waals surface area contributed by atoms with E-state index >= 15 is 0 Å². The average molecular weight is 486 g/mol. The molecule has 0 saturated carbocycles. The van der Waals surface area contributed by atoms with Gasteiger partial charge in [-0.3, -0.25) is 14.5 Å². The van der Waals surface area contributed by atoms with Gasteiger partial charge in [0.15, 0.2) is 0 Å². The standard InChI is InChI=1S/C27H36FN3O4/c1-6-26(32)29-21-11-12-24-22(13-21)27(33)30(4)16-25(34-5)18(2)14-31(19(3)17-35-24)15-20-9-7-8-10-23(20)28/h7-13,18-19,25H,6,14-17H2,1-5H3,(H,29,32)/t18-,19+,25-/m0/s1. The quantitative estimate of drug-likeness (QED) is 0.688. The van der Waals surface area contributed by atoms with Gasteiger partial charge in [-0.1, -0.05) is 32.0 Å². The van der Waals surface area contributed by atoms with Crippen molar-refractivity contribution in [3.05, 3.63) is 59.4 Å². The summed E-state index contributed by atoms with van der Waals surface area (Å²) in [5.41, 5.74) is 1.54. The fraction of sp³-hybridized carbons (Fsp3) is 0.481. The lowest BCUT2D eigenvalue weighted by Gasteiger charge is -2.36. The van der Waals surface area contributed by atoms with Gasteiger partial charge in [0.2, 0.25) is 5.91 Å². The summed E-state index contributed by atoms with van der Waals surface area (Å²) in [5, 5.41) is 2.81. The first kappa shape index (κ1) is 26.6. The first-order valence-corrected chi connectivity index (χ1v) is 12.1. The number of carbonyl (C=O) groups is 2. The SMILES string of the molecule is CCC(=O)Nc1ccc2c(c1)C(=O)N(C)C[C@H](OC)[C@@H](C)CN(Cc1ccccc1F)[C@H](C)CO2. The molecule has 0 saturated heterocycles. The topological polar surface area (TPSA) is 71.1 Å². The molecule has 1 aliphatic rings. The minimum absolute atomic E-state index is 0.0610. The van der Waals surface area contributed by atoms with Gasteiger partial charge in [-0.2, -0.15) is 0 Å². The molecule has 35 heavy (non-hydrogen) atoms.